The molecule has 32 heavy (non-hydrogen) atoms. The van der Waals surface area contributed by atoms with Crippen molar-refractivity contribution < 1.29 is 29.6 Å². The molecule has 0 aliphatic carbocycles. The molecule has 0 radical (unpaired) electrons. The van der Waals surface area contributed by atoms with Gasteiger partial charge in [0.2, 0.25) is 0 Å². The fraction of sp³-hybridized carbons (Fsp3) is 0. The average Bonchev–Trinajstić information content (AvgIpc) is 2.88. The van der Waals surface area contributed by atoms with E-state index in [1.54, 1.807) is 0 Å². The topological polar surface area (TPSA) is 0 Å². The summed E-state index contributed by atoms with van der Waals surface area (Å²) in [5.74, 6) is 0. The molecule has 0 fully saturated rings. The summed E-state index contributed by atoms with van der Waals surface area (Å²) in [5.41, 5.74) is 7.78. The van der Waals surface area contributed by atoms with Crippen molar-refractivity contribution in [3.63, 3.8) is 0 Å². The second-order valence-corrected chi connectivity index (χ2v) is 8.09. The monoisotopic (exact) mass is 418 g/mol. The van der Waals surface area contributed by atoms with Gasteiger partial charge >= 0.3 is 29.6 Å². The minimum absolute atomic E-state index is 0. The van der Waals surface area contributed by atoms with E-state index in [0.29, 0.717) is 0 Å². The van der Waals surface area contributed by atoms with Gasteiger partial charge in [0.25, 0.3) is 0 Å². The van der Waals surface area contributed by atoms with E-state index in [1.807, 2.05) is 0 Å². The van der Waals surface area contributed by atoms with Crippen LogP contribution in [0.25, 0.3) is 11.1 Å². The van der Waals surface area contributed by atoms with Gasteiger partial charge in [0, 0.05) is 0 Å². The molecule has 0 aromatic heterocycles. The predicted octanol–water partition coefficient (Wildman–Crippen LogP) is 1.74. The van der Waals surface area contributed by atoms with E-state index in [0.717, 1.165) is 0 Å². The predicted molar refractivity (Wildman–Crippen MR) is 135 cm³/mol. The summed E-state index contributed by atoms with van der Waals surface area (Å²) in [7, 11) is 0. The van der Waals surface area contributed by atoms with E-state index in [1.165, 1.54) is 33.0 Å². The molecule has 0 N–H and O–H groups in total. The maximum absolute atomic E-state index is 2.31. The van der Waals surface area contributed by atoms with Gasteiger partial charge in [0.05, 0.1) is 0 Å². The molecule has 0 saturated carbocycles. The molecule has 0 saturated heterocycles. The third-order valence-electron chi connectivity index (χ3n) is 6.42. The van der Waals surface area contributed by atoms with Crippen molar-refractivity contribution in [1.29, 1.82) is 0 Å². The first kappa shape index (κ1) is 22.4. The summed E-state index contributed by atoms with van der Waals surface area (Å²) in [6.07, 6.45) is -1.31. The zero-order chi connectivity index (χ0) is 20.9. The van der Waals surface area contributed by atoms with E-state index in [2.05, 4.69) is 146 Å². The van der Waals surface area contributed by atoms with Gasteiger partial charge in [-0.1, -0.05) is 146 Å². The molecule has 2 heteroatoms. The summed E-state index contributed by atoms with van der Waals surface area (Å²) in [6, 6.07) is 52.5. The first-order chi connectivity index (χ1) is 15.4. The second kappa shape index (κ2) is 10.2. The van der Waals surface area contributed by atoms with E-state index < -0.39 is 6.15 Å². The first-order valence-electron chi connectivity index (χ1n) is 10.9. The molecule has 0 atom stereocenters. The molecule has 0 heterocycles. The number of hydrogen-bond acceptors (Lipinski definition) is 0. The van der Waals surface area contributed by atoms with Crippen LogP contribution in [0.1, 0.15) is 0 Å². The van der Waals surface area contributed by atoms with Crippen molar-refractivity contribution in [2.45, 2.75) is 0 Å². The molecule has 148 valence electrons. The molecule has 0 aliphatic rings. The van der Waals surface area contributed by atoms with Crippen molar-refractivity contribution in [2.75, 3.05) is 0 Å². The summed E-state index contributed by atoms with van der Waals surface area (Å²) in [6.45, 7) is 0. The Morgan fingerprint density at radius 2 is 0.562 bits per heavy atom. The van der Waals surface area contributed by atoms with Crippen LogP contribution < -0.4 is 51.4 Å². The van der Waals surface area contributed by atoms with Crippen LogP contribution in [-0.4, -0.2) is 6.15 Å². The molecule has 0 bridgehead atoms. The zero-order valence-electron chi connectivity index (χ0n) is 18.4. The van der Waals surface area contributed by atoms with Gasteiger partial charge in [-0.25, -0.2) is 0 Å². The van der Waals surface area contributed by atoms with Crippen LogP contribution in [0.4, 0.5) is 0 Å². The van der Waals surface area contributed by atoms with Crippen LogP contribution >= 0.6 is 0 Å². The van der Waals surface area contributed by atoms with Gasteiger partial charge in [0.1, 0.15) is 6.15 Å². The Morgan fingerprint density at radius 3 is 0.938 bits per heavy atom. The first-order valence-corrected chi connectivity index (χ1v) is 10.9. The Hall–Kier alpha value is -2.84. The summed E-state index contributed by atoms with van der Waals surface area (Å²) in [5, 5.41) is 0. The van der Waals surface area contributed by atoms with E-state index >= 15 is 0 Å². The van der Waals surface area contributed by atoms with E-state index in [4.69, 9.17) is 0 Å². The smallest absolute Gasteiger partial charge is 0.195 e. The van der Waals surface area contributed by atoms with E-state index in [-0.39, 0.29) is 29.6 Å². The van der Waals surface area contributed by atoms with Crippen LogP contribution in [0.5, 0.6) is 0 Å². The molecule has 0 nitrogen and oxygen atoms in total. The van der Waals surface area contributed by atoms with Crippen LogP contribution in [0, 0.1) is 0 Å². The van der Waals surface area contributed by atoms with E-state index in [9.17, 15) is 0 Å². The molecule has 5 aromatic rings. The quantitative estimate of drug-likeness (QED) is 0.382. The fourth-order valence-corrected chi connectivity index (χ4v) is 4.97. The molecule has 0 aliphatic heterocycles. The van der Waals surface area contributed by atoms with Gasteiger partial charge in [-0.3, -0.25) is 0 Å². The Bertz CT molecular complexity index is 1140. The van der Waals surface area contributed by atoms with Gasteiger partial charge in [-0.2, -0.15) is 21.9 Å². The molecular weight excluding hydrogens is 394 g/mol. The summed E-state index contributed by atoms with van der Waals surface area (Å²) >= 11 is 0. The molecule has 0 spiro atoms. The fourth-order valence-electron chi connectivity index (χ4n) is 4.97. The van der Waals surface area contributed by atoms with Gasteiger partial charge < -0.3 is 0 Å². The number of rotatable bonds is 5. The molecular formula is C30H24BNa. The molecule has 5 aromatic carbocycles. The van der Waals surface area contributed by atoms with Crippen molar-refractivity contribution in [1.82, 2.24) is 0 Å². The molecule has 0 unspecified atom stereocenters. The maximum atomic E-state index is 2.31. The SMILES string of the molecule is [Na+].c1ccc(-c2ccc([B-](c3ccccc3)(c3ccccc3)c3ccccc3)cc2)cc1. The third-order valence-corrected chi connectivity index (χ3v) is 6.42. The van der Waals surface area contributed by atoms with Crippen molar-refractivity contribution in [3.8, 4) is 11.1 Å². The summed E-state index contributed by atoms with van der Waals surface area (Å²) in [4.78, 5) is 0. The Balaban J connectivity index is 0.00000245. The number of benzene rings is 5. The Kier molecular flexibility index (Phi) is 7.12. The maximum Gasteiger partial charge on any atom is 1.00 e. The minimum Gasteiger partial charge on any atom is -0.195 e. The normalized spacial score (nSPS) is 10.9. The zero-order valence-corrected chi connectivity index (χ0v) is 20.4. The van der Waals surface area contributed by atoms with Crippen LogP contribution in [-0.2, 0) is 0 Å². The molecule has 5 rings (SSSR count). The minimum atomic E-state index is -1.31. The second-order valence-electron chi connectivity index (χ2n) is 8.09. The number of hydrogen-bond donors (Lipinski definition) is 0. The van der Waals surface area contributed by atoms with Crippen LogP contribution in [0.15, 0.2) is 146 Å². The molecule has 0 amide bonds. The van der Waals surface area contributed by atoms with Crippen molar-refractivity contribution in [3.05, 3.63) is 146 Å². The van der Waals surface area contributed by atoms with Gasteiger partial charge in [0.15, 0.2) is 0 Å². The van der Waals surface area contributed by atoms with Crippen molar-refractivity contribution in [2.24, 2.45) is 0 Å². The standard InChI is InChI=1S/C30H24B.Na/c1-5-13-25(14-6-1)26-21-23-30(24-22-26)31(27-15-7-2-8-16-27,28-17-9-3-10-18-28)29-19-11-4-12-20-29;/h1-24H;/q-1;+1. The van der Waals surface area contributed by atoms with Gasteiger partial charge in [-0.15, -0.1) is 0 Å². The Morgan fingerprint density at radius 1 is 0.281 bits per heavy atom. The van der Waals surface area contributed by atoms with Crippen LogP contribution in [0.2, 0.25) is 0 Å². The third kappa shape index (κ3) is 4.12. The van der Waals surface area contributed by atoms with Crippen molar-refractivity contribution >= 4 is 28.0 Å². The average molecular weight is 418 g/mol. The van der Waals surface area contributed by atoms with Crippen LogP contribution in [0.3, 0.4) is 0 Å². The largest absolute Gasteiger partial charge is 1.00 e. The Labute approximate surface area is 213 Å². The van der Waals surface area contributed by atoms with Gasteiger partial charge in [-0.05, 0) is 11.1 Å². The summed E-state index contributed by atoms with van der Waals surface area (Å²) < 4.78 is 0.